The van der Waals surface area contributed by atoms with Gasteiger partial charge in [-0.15, -0.1) is 0 Å². The van der Waals surface area contributed by atoms with Crippen LogP contribution in [0.1, 0.15) is 53.8 Å². The molecule has 1 aromatic carbocycles. The zero-order chi connectivity index (χ0) is 19.6. The number of halogens is 3. The molecule has 27 heavy (non-hydrogen) atoms. The van der Waals surface area contributed by atoms with Gasteiger partial charge in [0.05, 0.1) is 5.56 Å². The second-order valence-electron chi connectivity index (χ2n) is 7.22. The molecule has 2 aromatic rings. The summed E-state index contributed by atoms with van der Waals surface area (Å²) in [5.41, 5.74) is 2.69. The SMILES string of the molecule is CC(=O)N1CCC[C@@H](c2cc(Cc3cccc(C(F)(F)F)c3)cc(C)n2)C1. The van der Waals surface area contributed by atoms with Crippen LogP contribution in [0.4, 0.5) is 13.2 Å². The third-order valence-corrected chi connectivity index (χ3v) is 4.98. The van der Waals surface area contributed by atoms with E-state index in [0.29, 0.717) is 18.5 Å². The number of aryl methyl sites for hydroxylation is 1. The molecule has 1 fully saturated rings. The molecule has 0 radical (unpaired) electrons. The first kappa shape index (κ1) is 19.4. The zero-order valence-corrected chi connectivity index (χ0v) is 15.5. The largest absolute Gasteiger partial charge is 0.416 e. The predicted octanol–water partition coefficient (Wildman–Crippen LogP) is 4.73. The highest BCUT2D eigenvalue weighted by atomic mass is 19.4. The molecule has 0 N–H and O–H groups in total. The van der Waals surface area contributed by atoms with Gasteiger partial charge >= 0.3 is 6.18 Å². The van der Waals surface area contributed by atoms with E-state index >= 15 is 0 Å². The van der Waals surface area contributed by atoms with Crippen LogP contribution in [-0.2, 0) is 17.4 Å². The molecule has 0 aliphatic carbocycles. The number of benzene rings is 1. The number of carbonyl (C=O) groups excluding carboxylic acids is 1. The lowest BCUT2D eigenvalue weighted by atomic mass is 9.92. The first-order valence-electron chi connectivity index (χ1n) is 9.11. The Labute approximate surface area is 157 Å². The average molecular weight is 376 g/mol. The summed E-state index contributed by atoms with van der Waals surface area (Å²) in [6, 6.07) is 9.33. The van der Waals surface area contributed by atoms with E-state index in [1.165, 1.54) is 12.1 Å². The summed E-state index contributed by atoms with van der Waals surface area (Å²) in [4.78, 5) is 18.1. The Morgan fingerprint density at radius 1 is 1.22 bits per heavy atom. The van der Waals surface area contributed by atoms with Crippen LogP contribution in [0.15, 0.2) is 36.4 Å². The predicted molar refractivity (Wildman–Crippen MR) is 97.5 cm³/mol. The fraction of sp³-hybridized carbons (Fsp3) is 0.429. The Kier molecular flexibility index (Phi) is 5.53. The van der Waals surface area contributed by atoms with Crippen molar-refractivity contribution in [2.75, 3.05) is 13.1 Å². The number of amides is 1. The van der Waals surface area contributed by atoms with Gasteiger partial charge in [-0.2, -0.15) is 13.2 Å². The van der Waals surface area contributed by atoms with Gasteiger partial charge in [0.1, 0.15) is 0 Å². The van der Waals surface area contributed by atoms with Gasteiger partial charge < -0.3 is 4.90 Å². The van der Waals surface area contributed by atoms with Crippen molar-refractivity contribution in [1.29, 1.82) is 0 Å². The summed E-state index contributed by atoms with van der Waals surface area (Å²) < 4.78 is 38.8. The molecule has 0 bridgehead atoms. The number of alkyl halides is 3. The average Bonchev–Trinajstić information content (AvgIpc) is 2.61. The molecule has 1 atom stereocenters. The summed E-state index contributed by atoms with van der Waals surface area (Å²) in [5.74, 6) is 0.236. The minimum Gasteiger partial charge on any atom is -0.342 e. The van der Waals surface area contributed by atoms with Crippen LogP contribution in [-0.4, -0.2) is 28.9 Å². The van der Waals surface area contributed by atoms with E-state index in [1.54, 1.807) is 13.0 Å². The van der Waals surface area contributed by atoms with Crippen LogP contribution in [0.5, 0.6) is 0 Å². The Bertz CT molecular complexity index is 832. The number of carbonyl (C=O) groups is 1. The Balaban J connectivity index is 1.83. The fourth-order valence-electron chi connectivity index (χ4n) is 3.68. The van der Waals surface area contributed by atoms with Crippen molar-refractivity contribution in [3.8, 4) is 0 Å². The number of hydrogen-bond acceptors (Lipinski definition) is 2. The van der Waals surface area contributed by atoms with Crippen LogP contribution in [0.2, 0.25) is 0 Å². The smallest absolute Gasteiger partial charge is 0.342 e. The van der Waals surface area contributed by atoms with Gasteiger partial charge in [-0.3, -0.25) is 9.78 Å². The monoisotopic (exact) mass is 376 g/mol. The Morgan fingerprint density at radius 2 is 2.00 bits per heavy atom. The van der Waals surface area contributed by atoms with E-state index < -0.39 is 11.7 Å². The van der Waals surface area contributed by atoms with E-state index in [2.05, 4.69) is 4.98 Å². The number of nitrogens with zero attached hydrogens (tertiary/aromatic N) is 2. The quantitative estimate of drug-likeness (QED) is 0.776. The van der Waals surface area contributed by atoms with Crippen molar-refractivity contribution in [2.45, 2.75) is 45.2 Å². The summed E-state index contributed by atoms with van der Waals surface area (Å²) >= 11 is 0. The highest BCUT2D eigenvalue weighted by molar-refractivity contribution is 5.73. The van der Waals surface area contributed by atoms with Crippen molar-refractivity contribution in [3.63, 3.8) is 0 Å². The van der Waals surface area contributed by atoms with Gasteiger partial charge in [-0.05, 0) is 55.5 Å². The maximum Gasteiger partial charge on any atom is 0.416 e. The van der Waals surface area contributed by atoms with Crippen LogP contribution in [0.25, 0.3) is 0 Å². The van der Waals surface area contributed by atoms with E-state index in [4.69, 9.17) is 0 Å². The number of piperidine rings is 1. The highest BCUT2D eigenvalue weighted by Crippen LogP contribution is 2.31. The highest BCUT2D eigenvalue weighted by Gasteiger charge is 2.30. The number of aromatic nitrogens is 1. The van der Waals surface area contributed by atoms with Crippen molar-refractivity contribution < 1.29 is 18.0 Å². The molecule has 0 saturated carbocycles. The zero-order valence-electron chi connectivity index (χ0n) is 15.5. The van der Waals surface area contributed by atoms with Crippen LogP contribution in [0.3, 0.4) is 0 Å². The minimum atomic E-state index is -4.34. The van der Waals surface area contributed by atoms with E-state index in [0.717, 1.165) is 42.4 Å². The van der Waals surface area contributed by atoms with Gasteiger partial charge in [0.25, 0.3) is 0 Å². The van der Waals surface area contributed by atoms with Crippen molar-refractivity contribution >= 4 is 5.91 Å². The van der Waals surface area contributed by atoms with Gasteiger partial charge in [0.15, 0.2) is 0 Å². The molecule has 0 unspecified atom stereocenters. The second-order valence-corrected chi connectivity index (χ2v) is 7.22. The van der Waals surface area contributed by atoms with E-state index in [1.807, 2.05) is 24.0 Å². The Hall–Kier alpha value is -2.37. The molecule has 2 heterocycles. The van der Waals surface area contributed by atoms with Crippen LogP contribution in [0, 0.1) is 6.92 Å². The summed E-state index contributed by atoms with van der Waals surface area (Å²) in [6.07, 6.45) is -2.02. The van der Waals surface area contributed by atoms with E-state index in [9.17, 15) is 18.0 Å². The third kappa shape index (κ3) is 4.87. The maximum atomic E-state index is 12.9. The first-order chi connectivity index (χ1) is 12.7. The van der Waals surface area contributed by atoms with Gasteiger partial charge in [0, 0.05) is 37.3 Å². The number of pyridine rings is 1. The summed E-state index contributed by atoms with van der Waals surface area (Å²) in [7, 11) is 0. The standard InChI is InChI=1S/C21H23F3N2O/c1-14-9-17(10-16-5-3-7-19(11-16)21(22,23)24)12-20(25-14)18-6-4-8-26(13-18)15(2)27/h3,5,7,9,11-12,18H,4,6,8,10,13H2,1-2H3/t18-/m1/s1. The van der Waals surface area contributed by atoms with Crippen LogP contribution < -0.4 is 0 Å². The molecule has 1 aliphatic heterocycles. The lowest BCUT2D eigenvalue weighted by Gasteiger charge is -2.32. The molecule has 1 amide bonds. The molecule has 1 aromatic heterocycles. The van der Waals surface area contributed by atoms with Gasteiger partial charge in [-0.25, -0.2) is 0 Å². The molecule has 3 nitrogen and oxygen atoms in total. The number of rotatable bonds is 3. The second kappa shape index (κ2) is 7.71. The molecular weight excluding hydrogens is 353 g/mol. The minimum absolute atomic E-state index is 0.0662. The topological polar surface area (TPSA) is 33.2 Å². The lowest BCUT2D eigenvalue weighted by molar-refractivity contribution is -0.137. The van der Waals surface area contributed by atoms with Crippen molar-refractivity contribution in [2.24, 2.45) is 0 Å². The summed E-state index contributed by atoms with van der Waals surface area (Å²) in [5, 5.41) is 0. The lowest BCUT2D eigenvalue weighted by Crippen LogP contribution is -2.37. The van der Waals surface area contributed by atoms with Gasteiger partial charge in [0.2, 0.25) is 5.91 Å². The Morgan fingerprint density at radius 3 is 2.70 bits per heavy atom. The molecule has 1 saturated heterocycles. The van der Waals surface area contributed by atoms with Crippen molar-refractivity contribution in [1.82, 2.24) is 9.88 Å². The molecule has 6 heteroatoms. The summed E-state index contributed by atoms with van der Waals surface area (Å²) in [6.45, 7) is 4.89. The van der Waals surface area contributed by atoms with Crippen LogP contribution >= 0.6 is 0 Å². The number of likely N-dealkylation sites (tertiary alicyclic amines) is 1. The van der Waals surface area contributed by atoms with Gasteiger partial charge in [-0.1, -0.05) is 18.2 Å². The molecule has 144 valence electrons. The number of hydrogen-bond donors (Lipinski definition) is 0. The molecular formula is C21H23F3N2O. The third-order valence-electron chi connectivity index (χ3n) is 4.98. The first-order valence-corrected chi connectivity index (χ1v) is 9.11. The molecule has 3 rings (SSSR count). The normalized spacial score (nSPS) is 17.8. The van der Waals surface area contributed by atoms with Crippen molar-refractivity contribution in [3.05, 3.63) is 64.5 Å². The van der Waals surface area contributed by atoms with E-state index in [-0.39, 0.29) is 11.8 Å². The molecule has 1 aliphatic rings. The fourth-order valence-corrected chi connectivity index (χ4v) is 3.68. The maximum absolute atomic E-state index is 12.9. The molecule has 0 spiro atoms.